The van der Waals surface area contributed by atoms with E-state index in [0.717, 1.165) is 18.0 Å². The summed E-state index contributed by atoms with van der Waals surface area (Å²) in [6.07, 6.45) is 7.26. The van der Waals surface area contributed by atoms with Crippen LogP contribution in [0.15, 0.2) is 0 Å². The quantitative estimate of drug-likeness (QED) is 0.588. The molecule has 1 saturated heterocycles. The van der Waals surface area contributed by atoms with Crippen LogP contribution in [0.4, 0.5) is 0 Å². The Morgan fingerprint density at radius 2 is 2.18 bits per heavy atom. The molecule has 3 atom stereocenters. The largest absolute Gasteiger partial charge is 0.300 e. The van der Waals surface area contributed by atoms with Crippen LogP contribution in [0.3, 0.4) is 0 Å². The number of hydrogen-bond acceptors (Lipinski definition) is 1. The lowest BCUT2D eigenvalue weighted by Crippen LogP contribution is -2.59. The minimum absolute atomic E-state index is 0.951. The summed E-state index contributed by atoms with van der Waals surface area (Å²) in [7, 11) is 2.31. The van der Waals surface area contributed by atoms with E-state index in [4.69, 9.17) is 0 Å². The van der Waals surface area contributed by atoms with Crippen LogP contribution in [-0.2, 0) is 0 Å². The summed E-state index contributed by atoms with van der Waals surface area (Å²) in [5.74, 6) is 1.08. The zero-order valence-corrected chi connectivity index (χ0v) is 7.71. The highest BCUT2D eigenvalue weighted by molar-refractivity contribution is 5.01. The van der Waals surface area contributed by atoms with Crippen LogP contribution in [0.1, 0.15) is 39.0 Å². The minimum Gasteiger partial charge on any atom is -0.300 e. The first-order valence-corrected chi connectivity index (χ1v) is 5.06. The first-order valence-electron chi connectivity index (χ1n) is 5.06. The first kappa shape index (κ1) is 7.60. The van der Waals surface area contributed by atoms with Crippen molar-refractivity contribution in [3.05, 3.63) is 0 Å². The second-order valence-corrected chi connectivity index (χ2v) is 4.18. The maximum atomic E-state index is 2.61. The fraction of sp³-hybridized carbons (Fsp3) is 1.00. The summed E-state index contributed by atoms with van der Waals surface area (Å²) in [5.41, 5.74) is 0. The predicted molar refractivity (Wildman–Crippen MR) is 47.6 cm³/mol. The zero-order valence-electron chi connectivity index (χ0n) is 7.71. The van der Waals surface area contributed by atoms with E-state index in [1.807, 2.05) is 0 Å². The molecule has 11 heavy (non-hydrogen) atoms. The molecule has 0 aromatic heterocycles. The molecule has 0 amide bonds. The molecular weight excluding hydrogens is 134 g/mol. The standard InChI is InChI=1S/C10H19N/c1-3-5-9-8-6-4-7-10(8)11(9)2/h8-10H,3-7H2,1-2H3. The van der Waals surface area contributed by atoms with E-state index in [-0.39, 0.29) is 0 Å². The van der Waals surface area contributed by atoms with Crippen molar-refractivity contribution in [2.75, 3.05) is 7.05 Å². The Labute approximate surface area is 69.8 Å². The second kappa shape index (κ2) is 2.78. The van der Waals surface area contributed by atoms with Gasteiger partial charge in [-0.05, 0) is 32.2 Å². The SMILES string of the molecule is CCCC1C2CCCC2N1C. The van der Waals surface area contributed by atoms with Gasteiger partial charge in [-0.2, -0.15) is 0 Å². The maximum absolute atomic E-state index is 2.61. The molecule has 2 fully saturated rings. The van der Waals surface area contributed by atoms with Crippen LogP contribution in [0, 0.1) is 5.92 Å². The van der Waals surface area contributed by atoms with Crippen molar-refractivity contribution in [2.45, 2.75) is 51.1 Å². The lowest BCUT2D eigenvalue weighted by atomic mass is 9.80. The Morgan fingerprint density at radius 1 is 1.36 bits per heavy atom. The Kier molecular flexibility index (Phi) is 1.92. The molecule has 64 valence electrons. The summed E-state index contributed by atoms with van der Waals surface area (Å²) >= 11 is 0. The molecule has 1 saturated carbocycles. The van der Waals surface area contributed by atoms with E-state index in [2.05, 4.69) is 18.9 Å². The van der Waals surface area contributed by atoms with Gasteiger partial charge in [-0.3, -0.25) is 4.90 Å². The van der Waals surface area contributed by atoms with Gasteiger partial charge < -0.3 is 0 Å². The lowest BCUT2D eigenvalue weighted by Gasteiger charge is -2.51. The third-order valence-corrected chi connectivity index (χ3v) is 3.66. The van der Waals surface area contributed by atoms with Crippen LogP contribution in [0.2, 0.25) is 0 Å². The average Bonchev–Trinajstić information content (AvgIpc) is 2.44. The van der Waals surface area contributed by atoms with Crippen molar-refractivity contribution in [3.63, 3.8) is 0 Å². The zero-order chi connectivity index (χ0) is 7.84. The van der Waals surface area contributed by atoms with Crippen molar-refractivity contribution >= 4 is 0 Å². The van der Waals surface area contributed by atoms with Gasteiger partial charge in [-0.1, -0.05) is 19.8 Å². The Morgan fingerprint density at radius 3 is 2.91 bits per heavy atom. The van der Waals surface area contributed by atoms with Gasteiger partial charge in [0, 0.05) is 12.1 Å². The molecule has 3 unspecified atom stereocenters. The van der Waals surface area contributed by atoms with E-state index < -0.39 is 0 Å². The molecule has 0 radical (unpaired) electrons. The molecular formula is C10H19N. The molecule has 0 aromatic carbocycles. The van der Waals surface area contributed by atoms with E-state index in [1.54, 1.807) is 0 Å². The molecule has 0 N–H and O–H groups in total. The topological polar surface area (TPSA) is 3.24 Å². The molecule has 1 aliphatic carbocycles. The number of hydrogen-bond donors (Lipinski definition) is 0. The highest BCUT2D eigenvalue weighted by Gasteiger charge is 2.47. The number of likely N-dealkylation sites (tertiary alicyclic amines) is 1. The molecule has 1 heterocycles. The van der Waals surface area contributed by atoms with Crippen LogP contribution in [0.5, 0.6) is 0 Å². The fourth-order valence-corrected chi connectivity index (χ4v) is 3.08. The van der Waals surface area contributed by atoms with Crippen molar-refractivity contribution in [1.82, 2.24) is 4.90 Å². The fourth-order valence-electron chi connectivity index (χ4n) is 3.08. The summed E-state index contributed by atoms with van der Waals surface area (Å²) in [6, 6.07) is 1.93. The number of fused-ring (bicyclic) bond motifs is 1. The molecule has 2 aliphatic rings. The Hall–Kier alpha value is -0.0400. The van der Waals surface area contributed by atoms with Gasteiger partial charge >= 0.3 is 0 Å². The predicted octanol–water partition coefficient (Wildman–Crippen LogP) is 2.27. The van der Waals surface area contributed by atoms with E-state index in [0.29, 0.717) is 0 Å². The Balaban J connectivity index is 1.92. The third-order valence-electron chi connectivity index (χ3n) is 3.66. The molecule has 1 nitrogen and oxygen atoms in total. The maximum Gasteiger partial charge on any atom is 0.0138 e. The molecule has 2 rings (SSSR count). The summed E-state index contributed by atoms with van der Waals surface area (Å²) < 4.78 is 0. The van der Waals surface area contributed by atoms with Crippen molar-refractivity contribution in [3.8, 4) is 0 Å². The van der Waals surface area contributed by atoms with Crippen LogP contribution in [0.25, 0.3) is 0 Å². The first-order chi connectivity index (χ1) is 5.34. The van der Waals surface area contributed by atoms with Crippen LogP contribution >= 0.6 is 0 Å². The van der Waals surface area contributed by atoms with E-state index >= 15 is 0 Å². The smallest absolute Gasteiger partial charge is 0.0138 e. The summed E-state index contributed by atoms with van der Waals surface area (Å²) in [5, 5.41) is 0. The molecule has 1 aliphatic heterocycles. The summed E-state index contributed by atoms with van der Waals surface area (Å²) in [6.45, 7) is 2.30. The lowest BCUT2D eigenvalue weighted by molar-refractivity contribution is -0.0182. The highest BCUT2D eigenvalue weighted by Crippen LogP contribution is 2.44. The molecule has 0 spiro atoms. The van der Waals surface area contributed by atoms with Gasteiger partial charge in [0.2, 0.25) is 0 Å². The van der Waals surface area contributed by atoms with Gasteiger partial charge in [-0.15, -0.1) is 0 Å². The Bertz CT molecular complexity index is 144. The second-order valence-electron chi connectivity index (χ2n) is 4.18. The van der Waals surface area contributed by atoms with E-state index in [9.17, 15) is 0 Å². The van der Waals surface area contributed by atoms with Gasteiger partial charge in [0.25, 0.3) is 0 Å². The normalized spacial score (nSPS) is 43.6. The molecule has 1 heteroatoms. The van der Waals surface area contributed by atoms with Crippen LogP contribution < -0.4 is 0 Å². The van der Waals surface area contributed by atoms with Gasteiger partial charge in [0.05, 0.1) is 0 Å². The summed E-state index contributed by atoms with van der Waals surface area (Å²) in [4.78, 5) is 2.61. The van der Waals surface area contributed by atoms with E-state index in [1.165, 1.54) is 32.1 Å². The van der Waals surface area contributed by atoms with Gasteiger partial charge in [-0.25, -0.2) is 0 Å². The molecule has 0 aromatic rings. The highest BCUT2D eigenvalue weighted by atomic mass is 15.2. The van der Waals surface area contributed by atoms with Gasteiger partial charge in [0.1, 0.15) is 0 Å². The van der Waals surface area contributed by atoms with Crippen LogP contribution in [-0.4, -0.2) is 24.0 Å². The van der Waals surface area contributed by atoms with Gasteiger partial charge in [0.15, 0.2) is 0 Å². The number of nitrogens with zero attached hydrogens (tertiary/aromatic N) is 1. The van der Waals surface area contributed by atoms with Crippen molar-refractivity contribution < 1.29 is 0 Å². The molecule has 0 bridgehead atoms. The minimum atomic E-state index is 0.951. The monoisotopic (exact) mass is 153 g/mol. The van der Waals surface area contributed by atoms with Crippen molar-refractivity contribution in [2.24, 2.45) is 5.92 Å². The third kappa shape index (κ3) is 1.01. The average molecular weight is 153 g/mol. The van der Waals surface area contributed by atoms with Crippen molar-refractivity contribution in [1.29, 1.82) is 0 Å². The number of rotatable bonds is 2.